The van der Waals surface area contributed by atoms with E-state index in [0.29, 0.717) is 5.92 Å². The molecule has 82 valence electrons. The topological polar surface area (TPSA) is 38.0 Å². The lowest BCUT2D eigenvalue weighted by Crippen LogP contribution is -2.28. The van der Waals surface area contributed by atoms with E-state index in [9.17, 15) is 0 Å². The fraction of sp³-hybridized carbons (Fsp3) is 0.833. The maximum absolute atomic E-state index is 5.33. The molecule has 0 aromatic carbocycles. The Hall–Kier alpha value is -0.340. The summed E-state index contributed by atoms with van der Waals surface area (Å²) in [5.41, 5.74) is 4.23. The Morgan fingerprint density at radius 3 is 2.79 bits per heavy atom. The molecule has 14 heavy (non-hydrogen) atoms. The summed E-state index contributed by atoms with van der Waals surface area (Å²) in [6.45, 7) is 7.70. The molecule has 0 aromatic heterocycles. The monoisotopic (exact) mass is 196 g/mol. The third-order valence-electron chi connectivity index (χ3n) is 3.61. The lowest BCUT2D eigenvalue weighted by molar-refractivity contribution is 0.492. The number of hydrogen-bond donors (Lipinski definition) is 2. The van der Waals surface area contributed by atoms with Crippen molar-refractivity contribution < 1.29 is 0 Å². The first-order chi connectivity index (χ1) is 6.65. The van der Waals surface area contributed by atoms with E-state index in [1.807, 2.05) is 0 Å². The Bertz CT molecular complexity index is 198. The van der Waals surface area contributed by atoms with Crippen LogP contribution in [0.2, 0.25) is 0 Å². The number of allylic oxidation sites excluding steroid dienone is 1. The van der Waals surface area contributed by atoms with Gasteiger partial charge in [-0.3, -0.25) is 11.3 Å². The van der Waals surface area contributed by atoms with Crippen LogP contribution in [0.15, 0.2) is 11.6 Å². The van der Waals surface area contributed by atoms with E-state index in [1.54, 1.807) is 0 Å². The third kappa shape index (κ3) is 3.10. The Morgan fingerprint density at radius 2 is 2.29 bits per heavy atom. The molecule has 0 aromatic rings. The van der Waals surface area contributed by atoms with Gasteiger partial charge in [0.05, 0.1) is 0 Å². The molecule has 0 amide bonds. The molecule has 0 bridgehead atoms. The van der Waals surface area contributed by atoms with Crippen LogP contribution in [0.4, 0.5) is 0 Å². The normalized spacial score (nSPS) is 30.7. The summed E-state index contributed by atoms with van der Waals surface area (Å²) in [6, 6.07) is 0. The zero-order valence-corrected chi connectivity index (χ0v) is 9.72. The highest BCUT2D eigenvalue weighted by Crippen LogP contribution is 2.33. The van der Waals surface area contributed by atoms with Crippen molar-refractivity contribution in [1.29, 1.82) is 0 Å². The molecule has 1 aliphatic rings. The first kappa shape index (κ1) is 11.7. The van der Waals surface area contributed by atoms with Crippen LogP contribution in [0.25, 0.3) is 0 Å². The highest BCUT2D eigenvalue weighted by molar-refractivity contribution is 5.07. The molecule has 3 atom stereocenters. The van der Waals surface area contributed by atoms with Crippen molar-refractivity contribution in [3.05, 3.63) is 11.6 Å². The second-order valence-corrected chi connectivity index (χ2v) is 4.79. The summed E-state index contributed by atoms with van der Waals surface area (Å²) < 4.78 is 0. The molecule has 3 N–H and O–H groups in total. The van der Waals surface area contributed by atoms with Gasteiger partial charge in [0.1, 0.15) is 0 Å². The fourth-order valence-electron chi connectivity index (χ4n) is 2.26. The van der Waals surface area contributed by atoms with E-state index in [1.165, 1.54) is 24.8 Å². The SMILES string of the molecule is C/C(=C\C1CCC[C@@H]1C)[C@@H](C)CNN. The maximum Gasteiger partial charge on any atom is 0.0160 e. The molecule has 1 saturated carbocycles. The van der Waals surface area contributed by atoms with Gasteiger partial charge in [0.2, 0.25) is 0 Å². The zero-order chi connectivity index (χ0) is 10.6. The van der Waals surface area contributed by atoms with Gasteiger partial charge in [-0.05, 0) is 31.1 Å². The summed E-state index contributed by atoms with van der Waals surface area (Å²) in [7, 11) is 0. The van der Waals surface area contributed by atoms with Crippen molar-refractivity contribution in [3.63, 3.8) is 0 Å². The van der Waals surface area contributed by atoms with Crippen molar-refractivity contribution in [2.45, 2.75) is 40.0 Å². The van der Waals surface area contributed by atoms with Crippen molar-refractivity contribution in [2.24, 2.45) is 23.6 Å². The van der Waals surface area contributed by atoms with Gasteiger partial charge < -0.3 is 0 Å². The van der Waals surface area contributed by atoms with Gasteiger partial charge >= 0.3 is 0 Å². The van der Waals surface area contributed by atoms with Crippen LogP contribution in [-0.2, 0) is 0 Å². The van der Waals surface area contributed by atoms with E-state index in [2.05, 4.69) is 32.3 Å². The van der Waals surface area contributed by atoms with E-state index in [4.69, 9.17) is 5.84 Å². The molecule has 2 heteroatoms. The van der Waals surface area contributed by atoms with Gasteiger partial charge in [-0.1, -0.05) is 38.3 Å². The quantitative estimate of drug-likeness (QED) is 0.412. The van der Waals surface area contributed by atoms with Gasteiger partial charge in [-0.15, -0.1) is 0 Å². The van der Waals surface area contributed by atoms with Crippen LogP contribution in [-0.4, -0.2) is 6.54 Å². The molecule has 1 rings (SSSR count). The lowest BCUT2D eigenvalue weighted by atomic mass is 9.92. The first-order valence-electron chi connectivity index (χ1n) is 5.77. The largest absolute Gasteiger partial charge is 0.271 e. The summed E-state index contributed by atoms with van der Waals surface area (Å²) in [6.07, 6.45) is 6.65. The van der Waals surface area contributed by atoms with Crippen LogP contribution in [0, 0.1) is 17.8 Å². The van der Waals surface area contributed by atoms with Gasteiger partial charge in [0, 0.05) is 6.54 Å². The first-order valence-corrected chi connectivity index (χ1v) is 5.77. The third-order valence-corrected chi connectivity index (χ3v) is 3.61. The molecular weight excluding hydrogens is 172 g/mol. The Morgan fingerprint density at radius 1 is 1.57 bits per heavy atom. The molecule has 0 aliphatic heterocycles. The smallest absolute Gasteiger partial charge is 0.0160 e. The molecular formula is C12H24N2. The average Bonchev–Trinajstić information content (AvgIpc) is 2.52. The molecule has 1 unspecified atom stereocenters. The molecule has 0 heterocycles. The van der Waals surface area contributed by atoms with Crippen LogP contribution in [0.1, 0.15) is 40.0 Å². The van der Waals surface area contributed by atoms with Crippen LogP contribution >= 0.6 is 0 Å². The molecule has 0 saturated heterocycles. The Kier molecular flexibility index (Phi) is 4.63. The van der Waals surface area contributed by atoms with Crippen molar-refractivity contribution >= 4 is 0 Å². The Labute approximate surface area is 87.9 Å². The highest BCUT2D eigenvalue weighted by Gasteiger charge is 2.21. The van der Waals surface area contributed by atoms with Gasteiger partial charge in [0.15, 0.2) is 0 Å². The second-order valence-electron chi connectivity index (χ2n) is 4.79. The summed E-state index contributed by atoms with van der Waals surface area (Å²) in [4.78, 5) is 0. The molecule has 2 nitrogen and oxygen atoms in total. The van der Waals surface area contributed by atoms with Crippen LogP contribution < -0.4 is 11.3 Å². The summed E-state index contributed by atoms with van der Waals surface area (Å²) in [5, 5.41) is 0. The fourth-order valence-corrected chi connectivity index (χ4v) is 2.26. The number of hydrazine groups is 1. The Balaban J connectivity index is 2.49. The predicted molar refractivity (Wildman–Crippen MR) is 61.6 cm³/mol. The lowest BCUT2D eigenvalue weighted by Gasteiger charge is -2.16. The highest BCUT2D eigenvalue weighted by atomic mass is 15.2. The molecule has 1 aliphatic carbocycles. The minimum atomic E-state index is 0.563. The van der Waals surface area contributed by atoms with Gasteiger partial charge in [0.25, 0.3) is 0 Å². The van der Waals surface area contributed by atoms with Crippen LogP contribution in [0.5, 0.6) is 0 Å². The minimum absolute atomic E-state index is 0.563. The number of nitrogens with two attached hydrogens (primary N) is 1. The van der Waals surface area contributed by atoms with E-state index in [0.717, 1.165) is 18.4 Å². The molecule has 1 fully saturated rings. The van der Waals surface area contributed by atoms with Crippen molar-refractivity contribution in [1.82, 2.24) is 5.43 Å². The predicted octanol–water partition coefficient (Wildman–Crippen LogP) is 2.47. The number of hydrogen-bond acceptors (Lipinski definition) is 2. The standard InChI is InChI=1S/C12H24N2/c1-9-5-4-6-12(9)7-10(2)11(3)8-14-13/h7,9,11-12,14H,4-6,8,13H2,1-3H3/b10-7+/t9-,11-,12?/m0/s1. The minimum Gasteiger partial charge on any atom is -0.271 e. The van der Waals surface area contributed by atoms with Gasteiger partial charge in [-0.25, -0.2) is 0 Å². The van der Waals surface area contributed by atoms with Crippen molar-refractivity contribution in [3.8, 4) is 0 Å². The average molecular weight is 196 g/mol. The summed E-state index contributed by atoms with van der Waals surface area (Å²) in [5.74, 6) is 7.58. The van der Waals surface area contributed by atoms with Crippen LogP contribution in [0.3, 0.4) is 0 Å². The zero-order valence-electron chi connectivity index (χ0n) is 9.72. The maximum atomic E-state index is 5.33. The number of nitrogens with one attached hydrogen (secondary N) is 1. The molecule has 0 radical (unpaired) electrons. The van der Waals surface area contributed by atoms with Crippen molar-refractivity contribution in [2.75, 3.05) is 6.54 Å². The van der Waals surface area contributed by atoms with Gasteiger partial charge in [-0.2, -0.15) is 0 Å². The van der Waals surface area contributed by atoms with E-state index < -0.39 is 0 Å². The second kappa shape index (κ2) is 5.52. The molecule has 0 spiro atoms. The summed E-state index contributed by atoms with van der Waals surface area (Å²) >= 11 is 0. The van der Waals surface area contributed by atoms with E-state index in [-0.39, 0.29) is 0 Å². The number of rotatable bonds is 4. The van der Waals surface area contributed by atoms with E-state index >= 15 is 0 Å².